The molecule has 3 N–H and O–H groups in total. The molecule has 0 saturated carbocycles. The summed E-state index contributed by atoms with van der Waals surface area (Å²) in [5.74, 6) is -2.52. The van der Waals surface area contributed by atoms with Crippen LogP contribution in [-0.2, 0) is 55.9 Å². The third-order valence-electron chi connectivity index (χ3n) is 6.32. The molecule has 0 saturated heterocycles. The minimum absolute atomic E-state index is 0. The fourth-order valence-corrected chi connectivity index (χ4v) is 6.42. The number of hydrogen-bond donors (Lipinski definition) is 2. The highest BCUT2D eigenvalue weighted by Crippen LogP contribution is 2.38. The standard InChI is InChI=1S/C14H11F3N4O6S.C10H7ClF3NO4S.C4H5N3O2.H2/c1-7-18-11(19-26-7)12(22)20-27-28(23)10-8(13-21-25-6-5-24-13)3-2-4-9(10)14(15,16)17;11-20(16,17)8-6(9-15-19-5-4-18-9)2-1-3-7(8)10(12,13)14;1-2-6-4(3(5)8)7-9-2;/h2-4H,5-6H2,1H3,(H,20,22);1-3H,4-5H2;1H3,(H2,5,8);1H. The van der Waals surface area contributed by atoms with Crippen molar-refractivity contribution in [1.82, 2.24) is 25.8 Å². The Morgan fingerprint density at radius 2 is 1.32 bits per heavy atom. The van der Waals surface area contributed by atoms with E-state index in [-0.39, 0.29) is 56.9 Å². The lowest BCUT2D eigenvalue weighted by atomic mass is 10.1. The van der Waals surface area contributed by atoms with Crippen molar-refractivity contribution in [2.45, 2.75) is 36.0 Å². The average Bonchev–Trinajstić information content (AvgIpc) is 3.81. The molecule has 6 rings (SSSR count). The van der Waals surface area contributed by atoms with E-state index < -0.39 is 76.6 Å². The number of aryl methyl sites for hydroxylation is 2. The molecule has 20 nitrogen and oxygen atoms in total. The van der Waals surface area contributed by atoms with E-state index in [0.29, 0.717) is 18.0 Å². The van der Waals surface area contributed by atoms with Gasteiger partial charge in [0.15, 0.2) is 13.2 Å². The van der Waals surface area contributed by atoms with Gasteiger partial charge in [0.05, 0.1) is 27.1 Å². The van der Waals surface area contributed by atoms with Crippen molar-refractivity contribution in [3.8, 4) is 0 Å². The number of nitrogens with zero attached hydrogens (tertiary/aromatic N) is 6. The lowest BCUT2D eigenvalue weighted by molar-refractivity contribution is -0.140. The molecule has 4 heterocycles. The van der Waals surface area contributed by atoms with Crippen LogP contribution in [0.5, 0.6) is 0 Å². The number of rotatable bonds is 8. The number of nitrogens with one attached hydrogen (secondary N) is 1. The lowest BCUT2D eigenvalue weighted by Crippen LogP contribution is -2.28. The molecule has 0 radical (unpaired) electrons. The Labute approximate surface area is 322 Å². The smallest absolute Gasteiger partial charge is 0.417 e. The van der Waals surface area contributed by atoms with Gasteiger partial charge >= 0.3 is 18.3 Å². The van der Waals surface area contributed by atoms with Crippen LogP contribution in [0.3, 0.4) is 0 Å². The Hall–Kier alpha value is -5.87. The Kier molecular flexibility index (Phi) is 14.1. The molecular formula is C28H25ClF6N8O12S2. The first kappa shape index (κ1) is 43.9. The van der Waals surface area contributed by atoms with Gasteiger partial charge in [-0.05, 0) is 34.6 Å². The summed E-state index contributed by atoms with van der Waals surface area (Å²) in [6.07, 6.45) is -9.75. The largest absolute Gasteiger partial charge is 0.471 e. The van der Waals surface area contributed by atoms with Gasteiger partial charge in [0.2, 0.25) is 22.9 Å². The summed E-state index contributed by atoms with van der Waals surface area (Å²) in [7, 11) is 0.454. The van der Waals surface area contributed by atoms with E-state index >= 15 is 0 Å². The molecule has 57 heavy (non-hydrogen) atoms. The fraction of sp³-hybridized carbons (Fsp3) is 0.286. The molecule has 1 atom stereocenters. The van der Waals surface area contributed by atoms with Crippen molar-refractivity contribution in [3.05, 3.63) is 82.1 Å². The number of ether oxygens (including phenoxy) is 2. The van der Waals surface area contributed by atoms with E-state index in [1.807, 2.05) is 0 Å². The summed E-state index contributed by atoms with van der Waals surface area (Å²) in [6.45, 7) is 3.30. The van der Waals surface area contributed by atoms with Crippen LogP contribution in [0.25, 0.3) is 0 Å². The molecule has 0 aliphatic carbocycles. The van der Waals surface area contributed by atoms with Gasteiger partial charge in [-0.2, -0.15) is 40.6 Å². The number of primary amides is 1. The zero-order valence-corrected chi connectivity index (χ0v) is 30.8. The van der Waals surface area contributed by atoms with Crippen LogP contribution in [0.2, 0.25) is 0 Å². The topological polar surface area (TPSA) is 272 Å². The van der Waals surface area contributed by atoms with Gasteiger partial charge in [0.1, 0.15) is 18.1 Å². The molecule has 4 aromatic rings. The number of hydroxylamine groups is 1. The van der Waals surface area contributed by atoms with Gasteiger partial charge in [-0.25, -0.2) is 18.1 Å². The van der Waals surface area contributed by atoms with Gasteiger partial charge < -0.3 is 33.9 Å². The minimum Gasteiger partial charge on any atom is -0.471 e. The molecule has 0 fully saturated rings. The number of hydrogen-bond acceptors (Lipinski definition) is 18. The van der Waals surface area contributed by atoms with Crippen molar-refractivity contribution >= 4 is 54.4 Å². The molecule has 2 aromatic heterocycles. The maximum atomic E-state index is 13.4. The van der Waals surface area contributed by atoms with Gasteiger partial charge in [-0.1, -0.05) is 22.4 Å². The Bertz CT molecular complexity index is 2310. The van der Waals surface area contributed by atoms with E-state index in [9.17, 15) is 48.6 Å². The highest BCUT2D eigenvalue weighted by atomic mass is 35.7. The molecule has 2 aliphatic heterocycles. The lowest BCUT2D eigenvalue weighted by Gasteiger charge is -2.18. The highest BCUT2D eigenvalue weighted by molar-refractivity contribution is 8.13. The van der Waals surface area contributed by atoms with Crippen molar-refractivity contribution in [3.63, 3.8) is 0 Å². The fourth-order valence-electron chi connectivity index (χ4n) is 4.12. The molecule has 0 bridgehead atoms. The average molecular weight is 879 g/mol. The number of halogens is 7. The predicted octanol–water partition coefficient (Wildman–Crippen LogP) is 3.55. The van der Waals surface area contributed by atoms with Crippen LogP contribution in [0.4, 0.5) is 26.3 Å². The second-order valence-corrected chi connectivity index (χ2v) is 13.9. The zero-order valence-electron chi connectivity index (χ0n) is 28.4. The maximum Gasteiger partial charge on any atom is 0.417 e. The quantitative estimate of drug-likeness (QED) is 0.145. The predicted molar refractivity (Wildman–Crippen MR) is 176 cm³/mol. The second-order valence-electron chi connectivity index (χ2n) is 10.3. The number of amides is 2. The summed E-state index contributed by atoms with van der Waals surface area (Å²) in [4.78, 5) is 36.8. The van der Waals surface area contributed by atoms with Gasteiger partial charge in [-0.3, -0.25) is 9.59 Å². The molecule has 2 aliphatic rings. The Morgan fingerprint density at radius 3 is 1.74 bits per heavy atom. The normalized spacial score (nSPS) is 14.6. The number of carbonyl (C=O) groups is 2. The number of benzene rings is 2. The first-order valence-corrected chi connectivity index (χ1v) is 18.4. The molecule has 1 unspecified atom stereocenters. The van der Waals surface area contributed by atoms with Crippen LogP contribution in [0, 0.1) is 13.8 Å². The first-order chi connectivity index (χ1) is 26.7. The Morgan fingerprint density at radius 1 is 0.825 bits per heavy atom. The molecule has 310 valence electrons. The first-order valence-electron chi connectivity index (χ1n) is 15.0. The van der Waals surface area contributed by atoms with Crippen LogP contribution in [0.1, 0.15) is 56.7 Å². The van der Waals surface area contributed by atoms with E-state index in [1.54, 1.807) is 12.4 Å². The van der Waals surface area contributed by atoms with Crippen molar-refractivity contribution in [2.75, 3.05) is 26.4 Å². The van der Waals surface area contributed by atoms with Crippen LogP contribution >= 0.6 is 10.7 Å². The molecule has 29 heteroatoms. The number of aromatic nitrogens is 4. The second kappa shape index (κ2) is 18.4. The van der Waals surface area contributed by atoms with Crippen molar-refractivity contribution in [1.29, 1.82) is 0 Å². The van der Waals surface area contributed by atoms with Gasteiger partial charge in [0.25, 0.3) is 38.4 Å². The monoisotopic (exact) mass is 878 g/mol. The van der Waals surface area contributed by atoms with Crippen molar-refractivity contribution < 1.29 is 82.5 Å². The zero-order chi connectivity index (χ0) is 42.1. The van der Waals surface area contributed by atoms with Gasteiger partial charge in [0, 0.05) is 26.0 Å². The maximum absolute atomic E-state index is 13.4. The van der Waals surface area contributed by atoms with Crippen molar-refractivity contribution in [2.24, 2.45) is 16.0 Å². The van der Waals surface area contributed by atoms with E-state index in [1.165, 1.54) is 13.0 Å². The van der Waals surface area contributed by atoms with Crippen LogP contribution in [0.15, 0.2) is 65.5 Å². The minimum atomic E-state index is -4.89. The summed E-state index contributed by atoms with van der Waals surface area (Å²) < 4.78 is 138. The highest BCUT2D eigenvalue weighted by Gasteiger charge is 2.40. The summed E-state index contributed by atoms with van der Waals surface area (Å²) in [5, 5.41) is 13.5. The summed E-state index contributed by atoms with van der Waals surface area (Å²) in [6, 6.07) is 5.74. The molecule has 2 aromatic carbocycles. The number of carbonyl (C=O) groups excluding carboxylic acids is 2. The SMILES string of the molecule is Cc1nc(C(=O)NOS(=O)c2c(C3=NOCCO3)cccc2C(F)(F)F)no1.Cc1nc(C(N)=O)no1.O=S(=O)(Cl)c1c(C2=NOCCO2)cccc1C(F)(F)F.[HH]. The van der Waals surface area contributed by atoms with Crippen LogP contribution < -0.4 is 11.2 Å². The molecule has 0 spiro atoms. The Balaban J connectivity index is 0.000000260. The number of oxime groups is 2. The third-order valence-corrected chi connectivity index (χ3v) is 8.72. The van der Waals surface area contributed by atoms with Gasteiger partial charge in [-0.15, -0.1) is 0 Å². The molecular weight excluding hydrogens is 854 g/mol. The summed E-state index contributed by atoms with van der Waals surface area (Å²) in [5.41, 5.74) is 3.21. The number of nitrogens with two attached hydrogens (primary N) is 1. The van der Waals surface area contributed by atoms with Crippen LogP contribution in [-0.4, -0.2) is 82.9 Å². The summed E-state index contributed by atoms with van der Waals surface area (Å²) >= 11 is -2.80. The van der Waals surface area contributed by atoms with E-state index in [0.717, 1.165) is 18.2 Å². The van der Waals surface area contributed by atoms with E-state index in [2.05, 4.69) is 48.8 Å². The molecule has 2 amide bonds. The van der Waals surface area contributed by atoms with E-state index in [4.69, 9.17) is 30.7 Å². The number of alkyl halides is 6. The third kappa shape index (κ3) is 11.8.